The van der Waals surface area contributed by atoms with E-state index in [0.717, 1.165) is 0 Å². The number of hydrogen-bond acceptors (Lipinski definition) is 7. The molecule has 0 spiro atoms. The van der Waals surface area contributed by atoms with Crippen molar-refractivity contribution in [2.24, 2.45) is 0 Å². The van der Waals surface area contributed by atoms with Crippen LogP contribution in [0.15, 0.2) is 42.5 Å². The van der Waals surface area contributed by atoms with Gasteiger partial charge >= 0.3 is 0 Å². The summed E-state index contributed by atoms with van der Waals surface area (Å²) in [5, 5.41) is 23.8. The lowest BCUT2D eigenvalue weighted by molar-refractivity contribution is -0.384. The van der Waals surface area contributed by atoms with Crippen LogP contribution in [0.5, 0.6) is 17.2 Å². The highest BCUT2D eigenvalue weighted by molar-refractivity contribution is 5.61. The first-order valence-corrected chi connectivity index (χ1v) is 7.31. The summed E-state index contributed by atoms with van der Waals surface area (Å²) >= 11 is 0. The number of aliphatic hydroxyl groups excluding tert-OH is 1. The quantitative estimate of drug-likeness (QED) is 0.591. The van der Waals surface area contributed by atoms with Crippen LogP contribution in [0.25, 0.3) is 0 Å². The van der Waals surface area contributed by atoms with E-state index < -0.39 is 11.0 Å². The number of nitro benzene ring substituents is 1. The fourth-order valence-corrected chi connectivity index (χ4v) is 2.23. The third-order valence-corrected chi connectivity index (χ3v) is 3.42. The van der Waals surface area contributed by atoms with Gasteiger partial charge in [0, 0.05) is 18.7 Å². The van der Waals surface area contributed by atoms with Gasteiger partial charge in [0.2, 0.25) is 6.79 Å². The second-order valence-electron chi connectivity index (χ2n) is 5.14. The Labute approximate surface area is 137 Å². The number of hydrogen-bond donors (Lipinski definition) is 2. The molecule has 1 aliphatic heterocycles. The van der Waals surface area contributed by atoms with Crippen molar-refractivity contribution < 1.29 is 24.2 Å². The van der Waals surface area contributed by atoms with Gasteiger partial charge in [0.15, 0.2) is 11.5 Å². The predicted molar refractivity (Wildman–Crippen MR) is 85.7 cm³/mol. The topological polar surface area (TPSA) is 103 Å². The van der Waals surface area contributed by atoms with E-state index in [1.807, 2.05) is 0 Å². The summed E-state index contributed by atoms with van der Waals surface area (Å²) in [6.45, 7) is 0.337. The molecule has 2 aromatic rings. The van der Waals surface area contributed by atoms with Crippen molar-refractivity contribution in [2.75, 3.05) is 25.3 Å². The molecule has 2 aromatic carbocycles. The van der Waals surface area contributed by atoms with Gasteiger partial charge in [0.05, 0.1) is 4.92 Å². The zero-order valence-electron chi connectivity index (χ0n) is 12.7. The molecule has 3 rings (SSSR count). The van der Waals surface area contributed by atoms with Gasteiger partial charge in [-0.1, -0.05) is 12.1 Å². The Morgan fingerprint density at radius 3 is 2.88 bits per heavy atom. The van der Waals surface area contributed by atoms with E-state index in [0.29, 0.717) is 22.9 Å². The van der Waals surface area contributed by atoms with Crippen LogP contribution in [0.4, 0.5) is 11.4 Å². The van der Waals surface area contributed by atoms with Crippen molar-refractivity contribution in [3.05, 3.63) is 52.6 Å². The van der Waals surface area contributed by atoms with Crippen molar-refractivity contribution in [3.8, 4) is 17.2 Å². The Morgan fingerprint density at radius 1 is 1.25 bits per heavy atom. The molecule has 1 heterocycles. The van der Waals surface area contributed by atoms with Crippen molar-refractivity contribution in [1.82, 2.24) is 0 Å². The highest BCUT2D eigenvalue weighted by Crippen LogP contribution is 2.35. The molecule has 0 fully saturated rings. The summed E-state index contributed by atoms with van der Waals surface area (Å²) in [5.41, 5.74) is 0.311. The van der Waals surface area contributed by atoms with Crippen LogP contribution < -0.4 is 19.5 Å². The van der Waals surface area contributed by atoms with Crippen molar-refractivity contribution in [1.29, 1.82) is 0 Å². The SMILES string of the molecule is O=[N+]([O-])c1ccccc1NC[C@@H](O)COc1ccc2c(c1)OCO2. The maximum absolute atomic E-state index is 10.9. The highest BCUT2D eigenvalue weighted by Gasteiger charge is 2.16. The Bertz CT molecular complexity index is 736. The molecule has 0 aromatic heterocycles. The van der Waals surface area contributed by atoms with Crippen LogP contribution >= 0.6 is 0 Å². The summed E-state index contributed by atoms with van der Waals surface area (Å²) in [6.07, 6.45) is -0.838. The van der Waals surface area contributed by atoms with E-state index in [1.165, 1.54) is 6.07 Å². The number of para-hydroxylation sites is 2. The van der Waals surface area contributed by atoms with E-state index in [2.05, 4.69) is 5.32 Å². The van der Waals surface area contributed by atoms with Crippen LogP contribution in [0, 0.1) is 10.1 Å². The number of aliphatic hydroxyl groups is 1. The number of nitrogens with one attached hydrogen (secondary N) is 1. The molecule has 8 heteroatoms. The fraction of sp³-hybridized carbons (Fsp3) is 0.250. The number of nitro groups is 1. The van der Waals surface area contributed by atoms with Gasteiger partial charge < -0.3 is 24.6 Å². The van der Waals surface area contributed by atoms with E-state index in [1.54, 1.807) is 36.4 Å². The molecule has 0 saturated heterocycles. The van der Waals surface area contributed by atoms with E-state index in [4.69, 9.17) is 14.2 Å². The van der Waals surface area contributed by atoms with Gasteiger partial charge in [0.1, 0.15) is 24.1 Å². The Hall–Kier alpha value is -3.00. The zero-order chi connectivity index (χ0) is 16.9. The maximum atomic E-state index is 10.9. The smallest absolute Gasteiger partial charge is 0.292 e. The molecule has 0 aliphatic carbocycles. The molecule has 0 amide bonds. The summed E-state index contributed by atoms with van der Waals surface area (Å²) < 4.78 is 16.0. The molecule has 0 unspecified atom stereocenters. The van der Waals surface area contributed by atoms with Gasteiger partial charge in [-0.2, -0.15) is 0 Å². The maximum Gasteiger partial charge on any atom is 0.292 e. The Morgan fingerprint density at radius 2 is 2.04 bits per heavy atom. The summed E-state index contributed by atoms with van der Waals surface area (Å²) in [5.74, 6) is 1.80. The normalized spacial score (nSPS) is 13.4. The van der Waals surface area contributed by atoms with Crippen LogP contribution in [0.2, 0.25) is 0 Å². The highest BCUT2D eigenvalue weighted by atomic mass is 16.7. The molecule has 24 heavy (non-hydrogen) atoms. The summed E-state index contributed by atoms with van der Waals surface area (Å²) in [6, 6.07) is 11.4. The molecule has 0 saturated carbocycles. The second-order valence-corrected chi connectivity index (χ2v) is 5.14. The minimum absolute atomic E-state index is 0.0350. The molecule has 0 bridgehead atoms. The van der Waals surface area contributed by atoms with Crippen LogP contribution in [-0.4, -0.2) is 36.1 Å². The molecule has 126 valence electrons. The lowest BCUT2D eigenvalue weighted by Crippen LogP contribution is -2.26. The molecular weight excluding hydrogens is 316 g/mol. The lowest BCUT2D eigenvalue weighted by Gasteiger charge is -2.14. The van der Waals surface area contributed by atoms with Gasteiger partial charge in [-0.3, -0.25) is 10.1 Å². The minimum atomic E-state index is -0.838. The number of benzene rings is 2. The van der Waals surface area contributed by atoms with Crippen molar-refractivity contribution in [3.63, 3.8) is 0 Å². The molecular formula is C16H16N2O6. The minimum Gasteiger partial charge on any atom is -0.491 e. The van der Waals surface area contributed by atoms with Crippen LogP contribution in [0.3, 0.4) is 0 Å². The third kappa shape index (κ3) is 3.66. The number of nitrogens with zero attached hydrogens (tertiary/aromatic N) is 1. The number of fused-ring (bicyclic) bond motifs is 1. The summed E-state index contributed by atoms with van der Waals surface area (Å²) in [4.78, 5) is 10.5. The van der Waals surface area contributed by atoms with Gasteiger partial charge in [-0.25, -0.2) is 0 Å². The molecule has 8 nitrogen and oxygen atoms in total. The molecule has 1 atom stereocenters. The molecule has 0 radical (unpaired) electrons. The van der Waals surface area contributed by atoms with Crippen LogP contribution in [0.1, 0.15) is 0 Å². The third-order valence-electron chi connectivity index (χ3n) is 3.42. The number of rotatable bonds is 7. The van der Waals surface area contributed by atoms with Gasteiger partial charge in [0.25, 0.3) is 5.69 Å². The summed E-state index contributed by atoms with van der Waals surface area (Å²) in [7, 11) is 0. The average Bonchev–Trinajstić information content (AvgIpc) is 3.06. The van der Waals surface area contributed by atoms with E-state index >= 15 is 0 Å². The van der Waals surface area contributed by atoms with Crippen molar-refractivity contribution in [2.45, 2.75) is 6.10 Å². The molecule has 1 aliphatic rings. The Balaban J connectivity index is 1.51. The predicted octanol–water partition coefficient (Wildman–Crippen LogP) is 2.18. The number of anilines is 1. The average molecular weight is 332 g/mol. The van der Waals surface area contributed by atoms with Crippen LogP contribution in [-0.2, 0) is 0 Å². The monoisotopic (exact) mass is 332 g/mol. The van der Waals surface area contributed by atoms with Crippen molar-refractivity contribution >= 4 is 11.4 Å². The number of ether oxygens (including phenoxy) is 3. The lowest BCUT2D eigenvalue weighted by atomic mass is 10.2. The molecule has 2 N–H and O–H groups in total. The van der Waals surface area contributed by atoms with E-state index in [9.17, 15) is 15.2 Å². The first-order valence-electron chi connectivity index (χ1n) is 7.31. The zero-order valence-corrected chi connectivity index (χ0v) is 12.7. The van der Waals surface area contributed by atoms with Gasteiger partial charge in [-0.15, -0.1) is 0 Å². The van der Waals surface area contributed by atoms with Gasteiger partial charge in [-0.05, 0) is 18.2 Å². The standard InChI is InChI=1S/C16H16N2O6/c19-11(8-17-13-3-1-2-4-14(13)18(20)21)9-22-12-5-6-15-16(7-12)24-10-23-15/h1-7,11,17,19H,8-10H2/t11-/m1/s1. The largest absolute Gasteiger partial charge is 0.491 e. The first kappa shape index (κ1) is 15.9. The fourth-order valence-electron chi connectivity index (χ4n) is 2.23. The van der Waals surface area contributed by atoms with E-state index in [-0.39, 0.29) is 25.6 Å². The Kier molecular flexibility index (Phi) is 4.66. The first-order chi connectivity index (χ1) is 11.6. The second kappa shape index (κ2) is 7.05.